The standard InChI is InChI=1S/C21H37N5O2.HI/c1-5-9-20(27)25-19-11-7-10-18(16-19)17-24-21(22-6-2)23-12-14-26(3)13-8-15-28-4;/h7,10-11,16H,5-6,8-9,12-15,17H2,1-4H3,(H,25,27)(H2,22,23,24);1H. The number of rotatable bonds is 13. The van der Waals surface area contributed by atoms with Crippen LogP contribution in [-0.2, 0) is 16.1 Å². The molecule has 0 aliphatic rings. The fourth-order valence-electron chi connectivity index (χ4n) is 2.67. The Bertz CT molecular complexity index is 598. The lowest BCUT2D eigenvalue weighted by Gasteiger charge is -2.18. The predicted molar refractivity (Wildman–Crippen MR) is 132 cm³/mol. The molecule has 166 valence electrons. The number of ether oxygens (including phenoxy) is 1. The van der Waals surface area contributed by atoms with Gasteiger partial charge in [-0.25, -0.2) is 4.99 Å². The van der Waals surface area contributed by atoms with Crippen molar-refractivity contribution in [3.8, 4) is 0 Å². The molecule has 0 fully saturated rings. The Morgan fingerprint density at radius 1 is 1.21 bits per heavy atom. The van der Waals surface area contributed by atoms with Crippen molar-refractivity contribution < 1.29 is 9.53 Å². The molecule has 1 aromatic carbocycles. The van der Waals surface area contributed by atoms with Crippen molar-refractivity contribution >= 4 is 41.5 Å². The smallest absolute Gasteiger partial charge is 0.224 e. The van der Waals surface area contributed by atoms with Gasteiger partial charge in [-0.3, -0.25) is 4.79 Å². The number of guanidine groups is 1. The van der Waals surface area contributed by atoms with E-state index in [-0.39, 0.29) is 29.9 Å². The van der Waals surface area contributed by atoms with Gasteiger partial charge in [0.25, 0.3) is 0 Å². The molecule has 0 heterocycles. The van der Waals surface area contributed by atoms with Crippen molar-refractivity contribution in [2.75, 3.05) is 52.3 Å². The summed E-state index contributed by atoms with van der Waals surface area (Å²) >= 11 is 0. The van der Waals surface area contributed by atoms with Crippen LogP contribution < -0.4 is 16.0 Å². The fraction of sp³-hybridized carbons (Fsp3) is 0.619. The molecule has 29 heavy (non-hydrogen) atoms. The molecule has 1 aromatic rings. The van der Waals surface area contributed by atoms with Gasteiger partial charge in [-0.15, -0.1) is 24.0 Å². The maximum Gasteiger partial charge on any atom is 0.224 e. The van der Waals surface area contributed by atoms with Crippen molar-refractivity contribution in [3.63, 3.8) is 0 Å². The summed E-state index contributed by atoms with van der Waals surface area (Å²) in [4.78, 5) is 18.7. The van der Waals surface area contributed by atoms with E-state index in [1.54, 1.807) is 7.11 Å². The molecular formula is C21H38IN5O2. The quantitative estimate of drug-likeness (QED) is 0.162. The van der Waals surface area contributed by atoms with Crippen LogP contribution >= 0.6 is 24.0 Å². The summed E-state index contributed by atoms with van der Waals surface area (Å²) in [5.74, 6) is 0.848. The minimum Gasteiger partial charge on any atom is -0.385 e. The molecule has 0 aliphatic heterocycles. The number of benzene rings is 1. The van der Waals surface area contributed by atoms with Crippen LogP contribution in [0.5, 0.6) is 0 Å². The number of likely N-dealkylation sites (N-methyl/N-ethyl adjacent to an activating group) is 1. The van der Waals surface area contributed by atoms with Crippen molar-refractivity contribution in [3.05, 3.63) is 29.8 Å². The zero-order valence-corrected chi connectivity index (χ0v) is 20.6. The van der Waals surface area contributed by atoms with E-state index in [4.69, 9.17) is 4.74 Å². The van der Waals surface area contributed by atoms with Crippen LogP contribution in [-0.4, -0.2) is 63.7 Å². The Morgan fingerprint density at radius 3 is 2.69 bits per heavy atom. The number of amides is 1. The maximum atomic E-state index is 11.8. The first-order valence-corrected chi connectivity index (χ1v) is 10.2. The van der Waals surface area contributed by atoms with Crippen molar-refractivity contribution in [2.24, 2.45) is 4.99 Å². The van der Waals surface area contributed by atoms with Crippen LogP contribution in [0.2, 0.25) is 0 Å². The summed E-state index contributed by atoms with van der Waals surface area (Å²) in [7, 11) is 3.84. The highest BCUT2D eigenvalue weighted by atomic mass is 127. The van der Waals surface area contributed by atoms with Crippen LogP contribution in [0, 0.1) is 0 Å². The minimum atomic E-state index is 0. The van der Waals surface area contributed by atoms with E-state index in [0.717, 1.165) is 62.8 Å². The molecule has 1 amide bonds. The number of nitrogens with zero attached hydrogens (tertiary/aromatic N) is 2. The van der Waals surface area contributed by atoms with Crippen molar-refractivity contribution in [1.82, 2.24) is 15.5 Å². The molecule has 8 heteroatoms. The summed E-state index contributed by atoms with van der Waals surface area (Å²) in [6, 6.07) is 7.85. The highest BCUT2D eigenvalue weighted by Gasteiger charge is 2.03. The van der Waals surface area contributed by atoms with Crippen LogP contribution in [0.15, 0.2) is 29.3 Å². The maximum absolute atomic E-state index is 11.8. The van der Waals surface area contributed by atoms with Crippen LogP contribution in [0.1, 0.15) is 38.7 Å². The zero-order valence-electron chi connectivity index (χ0n) is 18.3. The van der Waals surface area contributed by atoms with Crippen molar-refractivity contribution in [2.45, 2.75) is 39.7 Å². The monoisotopic (exact) mass is 519 g/mol. The third kappa shape index (κ3) is 13.5. The molecule has 3 N–H and O–H groups in total. The molecule has 0 aliphatic carbocycles. The van der Waals surface area contributed by atoms with Gasteiger partial charge in [0.1, 0.15) is 0 Å². The molecule has 0 bridgehead atoms. The number of halogens is 1. The number of hydrogen-bond acceptors (Lipinski definition) is 4. The van der Waals surface area contributed by atoms with E-state index >= 15 is 0 Å². The minimum absolute atomic E-state index is 0. The Hall–Kier alpha value is -1.39. The molecule has 0 saturated carbocycles. The Morgan fingerprint density at radius 2 is 2.00 bits per heavy atom. The van der Waals surface area contributed by atoms with E-state index in [2.05, 4.69) is 39.8 Å². The summed E-state index contributed by atoms with van der Waals surface area (Å²) in [6.07, 6.45) is 2.41. The summed E-state index contributed by atoms with van der Waals surface area (Å²) in [6.45, 7) is 8.98. The average molecular weight is 519 g/mol. The molecule has 0 spiro atoms. The highest BCUT2D eigenvalue weighted by Crippen LogP contribution is 2.12. The van der Waals surface area contributed by atoms with Gasteiger partial charge >= 0.3 is 0 Å². The number of anilines is 1. The van der Waals surface area contributed by atoms with Gasteiger partial charge in [-0.1, -0.05) is 19.1 Å². The topological polar surface area (TPSA) is 78.0 Å². The summed E-state index contributed by atoms with van der Waals surface area (Å²) in [5, 5.41) is 9.58. The largest absolute Gasteiger partial charge is 0.385 e. The van der Waals surface area contributed by atoms with Crippen LogP contribution in [0.4, 0.5) is 5.69 Å². The second-order valence-corrected chi connectivity index (χ2v) is 6.77. The average Bonchev–Trinajstić information content (AvgIpc) is 2.67. The van der Waals surface area contributed by atoms with Gasteiger partial charge in [0, 0.05) is 52.0 Å². The molecule has 0 unspecified atom stereocenters. The number of carbonyl (C=O) groups is 1. The lowest BCUT2D eigenvalue weighted by atomic mass is 10.2. The summed E-state index contributed by atoms with van der Waals surface area (Å²) in [5.41, 5.74) is 1.88. The van der Waals surface area contributed by atoms with Crippen molar-refractivity contribution in [1.29, 1.82) is 0 Å². The first-order chi connectivity index (χ1) is 13.6. The number of carbonyl (C=O) groups excluding carboxylic acids is 1. The Kier molecular flexibility index (Phi) is 16.6. The van der Waals surface area contributed by atoms with E-state index < -0.39 is 0 Å². The molecule has 0 saturated heterocycles. The number of methoxy groups -OCH3 is 1. The Labute approximate surface area is 193 Å². The first kappa shape index (κ1) is 27.6. The predicted octanol–water partition coefficient (Wildman–Crippen LogP) is 3.07. The second kappa shape index (κ2) is 17.5. The van der Waals surface area contributed by atoms with E-state index in [0.29, 0.717) is 13.0 Å². The van der Waals surface area contributed by atoms with Gasteiger partial charge in [0.05, 0.1) is 6.54 Å². The lowest BCUT2D eigenvalue weighted by Crippen LogP contribution is -2.41. The molecule has 7 nitrogen and oxygen atoms in total. The van der Waals surface area contributed by atoms with E-state index in [1.165, 1.54) is 0 Å². The van der Waals surface area contributed by atoms with E-state index in [9.17, 15) is 4.79 Å². The number of hydrogen-bond donors (Lipinski definition) is 3. The molecule has 1 rings (SSSR count). The molecular weight excluding hydrogens is 481 g/mol. The molecule has 0 atom stereocenters. The van der Waals surface area contributed by atoms with Gasteiger partial charge < -0.3 is 25.6 Å². The molecule has 0 radical (unpaired) electrons. The molecule has 0 aromatic heterocycles. The third-order valence-corrected chi connectivity index (χ3v) is 4.13. The Balaban J connectivity index is 0.00000784. The lowest BCUT2D eigenvalue weighted by molar-refractivity contribution is -0.116. The van der Waals surface area contributed by atoms with Gasteiger partial charge in [-0.05, 0) is 44.5 Å². The van der Waals surface area contributed by atoms with Gasteiger partial charge in [-0.2, -0.15) is 0 Å². The highest BCUT2D eigenvalue weighted by molar-refractivity contribution is 14.0. The summed E-state index contributed by atoms with van der Waals surface area (Å²) < 4.78 is 5.09. The van der Waals surface area contributed by atoms with Gasteiger partial charge in [0.2, 0.25) is 5.91 Å². The second-order valence-electron chi connectivity index (χ2n) is 6.77. The normalized spacial score (nSPS) is 11.1. The number of nitrogens with one attached hydrogen (secondary N) is 3. The number of aliphatic imine (C=N–C) groups is 1. The van der Waals surface area contributed by atoms with Crippen LogP contribution in [0.3, 0.4) is 0 Å². The van der Waals surface area contributed by atoms with Gasteiger partial charge in [0.15, 0.2) is 5.96 Å². The third-order valence-electron chi connectivity index (χ3n) is 4.13. The first-order valence-electron chi connectivity index (χ1n) is 10.2. The van der Waals surface area contributed by atoms with E-state index in [1.807, 2.05) is 31.2 Å². The zero-order chi connectivity index (χ0) is 20.6. The fourth-order valence-corrected chi connectivity index (χ4v) is 2.67. The van der Waals surface area contributed by atoms with Crippen LogP contribution in [0.25, 0.3) is 0 Å². The SMILES string of the molecule is CCCC(=O)Nc1cccc(CN=C(NCC)NCCN(C)CCCOC)c1.I.